The summed E-state index contributed by atoms with van der Waals surface area (Å²) in [5.74, 6) is 0.275. The molecule has 4 nitrogen and oxygen atoms in total. The van der Waals surface area contributed by atoms with Crippen LogP contribution in [-0.4, -0.2) is 36.2 Å². The van der Waals surface area contributed by atoms with Gasteiger partial charge in [0.05, 0.1) is 6.54 Å². The second kappa shape index (κ2) is 9.16. The molecule has 1 aliphatic heterocycles. The number of likely N-dealkylation sites (tertiary alicyclic amines) is 1. The summed E-state index contributed by atoms with van der Waals surface area (Å²) in [6.07, 6.45) is 1.60. The third-order valence-corrected chi connectivity index (χ3v) is 5.28. The van der Waals surface area contributed by atoms with Gasteiger partial charge in [0, 0.05) is 23.0 Å². The van der Waals surface area contributed by atoms with Gasteiger partial charge in [-0.3, -0.25) is 14.5 Å². The Hall–Kier alpha value is -2.17. The van der Waals surface area contributed by atoms with E-state index in [1.54, 1.807) is 0 Å². The first-order valence-corrected chi connectivity index (χ1v) is 9.73. The highest BCUT2D eigenvalue weighted by Crippen LogP contribution is 2.22. The second-order valence-electron chi connectivity index (χ2n) is 7.19. The first kappa shape index (κ1) is 19.6. The fraction of sp³-hybridized carbons (Fsp3) is 0.364. The molecule has 142 valence electrons. The Kier molecular flexibility index (Phi) is 6.64. The first-order valence-electron chi connectivity index (χ1n) is 9.35. The number of piperidine rings is 1. The van der Waals surface area contributed by atoms with Crippen molar-refractivity contribution in [1.29, 1.82) is 0 Å². The largest absolute Gasteiger partial charge is 0.351 e. The maximum atomic E-state index is 12.6. The van der Waals surface area contributed by atoms with Crippen LogP contribution in [0.15, 0.2) is 48.5 Å². The molecule has 1 amide bonds. The molecule has 2 aromatic carbocycles. The standard InChI is InChI=1S/C22H25ClN2O2/c1-16-5-7-18(8-6-16)22(27)19-9-11-25(12-10-19)15-21(26)24-14-17-3-2-4-20(23)13-17/h2-8,13,19H,9-12,14-15H2,1H3,(H,24,26). The lowest BCUT2D eigenvalue weighted by atomic mass is 9.88. The van der Waals surface area contributed by atoms with E-state index in [0.717, 1.165) is 42.6 Å². The van der Waals surface area contributed by atoms with E-state index in [-0.39, 0.29) is 17.6 Å². The molecular weight excluding hydrogens is 360 g/mol. The van der Waals surface area contributed by atoms with Crippen LogP contribution in [0.25, 0.3) is 0 Å². The number of hydrogen-bond donors (Lipinski definition) is 1. The Morgan fingerprint density at radius 2 is 1.81 bits per heavy atom. The summed E-state index contributed by atoms with van der Waals surface area (Å²) in [6, 6.07) is 15.3. The number of nitrogens with zero attached hydrogens (tertiary/aromatic N) is 1. The molecule has 3 rings (SSSR count). The highest BCUT2D eigenvalue weighted by atomic mass is 35.5. The van der Waals surface area contributed by atoms with Crippen LogP contribution in [0.5, 0.6) is 0 Å². The van der Waals surface area contributed by atoms with Crippen molar-refractivity contribution in [1.82, 2.24) is 10.2 Å². The molecule has 0 saturated carbocycles. The molecule has 1 aliphatic rings. The molecule has 5 heteroatoms. The molecule has 1 saturated heterocycles. The molecule has 0 spiro atoms. The number of ketones is 1. The van der Waals surface area contributed by atoms with Crippen LogP contribution < -0.4 is 5.32 Å². The molecule has 0 aromatic heterocycles. The lowest BCUT2D eigenvalue weighted by Gasteiger charge is -2.30. The summed E-state index contributed by atoms with van der Waals surface area (Å²) in [6.45, 7) is 4.40. The molecule has 1 fully saturated rings. The van der Waals surface area contributed by atoms with Gasteiger partial charge in [-0.1, -0.05) is 53.6 Å². The Bertz CT molecular complexity index is 796. The number of aryl methyl sites for hydroxylation is 1. The van der Waals surface area contributed by atoms with E-state index < -0.39 is 0 Å². The third-order valence-electron chi connectivity index (χ3n) is 5.04. The predicted molar refractivity (Wildman–Crippen MR) is 108 cm³/mol. The van der Waals surface area contributed by atoms with Crippen molar-refractivity contribution in [3.63, 3.8) is 0 Å². The summed E-state index contributed by atoms with van der Waals surface area (Å²) >= 11 is 5.96. The Labute approximate surface area is 165 Å². The van der Waals surface area contributed by atoms with Gasteiger partial charge in [0.15, 0.2) is 5.78 Å². The van der Waals surface area contributed by atoms with Crippen molar-refractivity contribution in [2.75, 3.05) is 19.6 Å². The van der Waals surface area contributed by atoms with Crippen molar-refractivity contribution in [3.05, 3.63) is 70.2 Å². The second-order valence-corrected chi connectivity index (χ2v) is 7.62. The quantitative estimate of drug-likeness (QED) is 0.769. The number of carbonyl (C=O) groups excluding carboxylic acids is 2. The van der Waals surface area contributed by atoms with Crippen LogP contribution in [-0.2, 0) is 11.3 Å². The zero-order valence-corrected chi connectivity index (χ0v) is 16.3. The number of hydrogen-bond acceptors (Lipinski definition) is 3. The van der Waals surface area contributed by atoms with Gasteiger partial charge in [0.25, 0.3) is 0 Å². The molecule has 0 bridgehead atoms. The fourth-order valence-corrected chi connectivity index (χ4v) is 3.63. The third kappa shape index (κ3) is 5.65. The average molecular weight is 385 g/mol. The SMILES string of the molecule is Cc1ccc(C(=O)C2CCN(CC(=O)NCc3cccc(Cl)c3)CC2)cc1. The van der Waals surface area contributed by atoms with Crippen LogP contribution >= 0.6 is 11.6 Å². The normalized spacial score (nSPS) is 15.5. The summed E-state index contributed by atoms with van der Waals surface area (Å²) in [5.41, 5.74) is 2.93. The molecule has 27 heavy (non-hydrogen) atoms. The van der Waals surface area contributed by atoms with Gasteiger partial charge in [-0.15, -0.1) is 0 Å². The van der Waals surface area contributed by atoms with Crippen LogP contribution in [0.1, 0.15) is 34.3 Å². The first-order chi connectivity index (χ1) is 13.0. The summed E-state index contributed by atoms with van der Waals surface area (Å²) < 4.78 is 0. The van der Waals surface area contributed by atoms with Gasteiger partial charge in [0.1, 0.15) is 0 Å². The van der Waals surface area contributed by atoms with Crippen LogP contribution in [0.4, 0.5) is 0 Å². The van der Waals surface area contributed by atoms with Crippen LogP contribution in [0.3, 0.4) is 0 Å². The smallest absolute Gasteiger partial charge is 0.234 e. The summed E-state index contributed by atoms with van der Waals surface area (Å²) in [5, 5.41) is 3.60. The Morgan fingerprint density at radius 3 is 2.48 bits per heavy atom. The molecule has 0 radical (unpaired) electrons. The highest BCUT2D eigenvalue weighted by Gasteiger charge is 2.26. The van der Waals surface area contributed by atoms with Gasteiger partial charge < -0.3 is 5.32 Å². The lowest BCUT2D eigenvalue weighted by molar-refractivity contribution is -0.122. The molecule has 1 N–H and O–H groups in total. The number of Topliss-reactive ketones (excluding diaryl/α,β-unsaturated/α-hetero) is 1. The van der Waals surface area contributed by atoms with E-state index in [9.17, 15) is 9.59 Å². The van der Waals surface area contributed by atoms with Crippen molar-refractivity contribution < 1.29 is 9.59 Å². The van der Waals surface area contributed by atoms with E-state index >= 15 is 0 Å². The number of amides is 1. The van der Waals surface area contributed by atoms with Crippen molar-refractivity contribution in [3.8, 4) is 0 Å². The van der Waals surface area contributed by atoms with Crippen molar-refractivity contribution in [2.45, 2.75) is 26.3 Å². The molecule has 0 atom stereocenters. The molecule has 2 aromatic rings. The number of rotatable bonds is 6. The van der Waals surface area contributed by atoms with Gasteiger partial charge in [-0.05, 0) is 50.6 Å². The van der Waals surface area contributed by atoms with E-state index in [4.69, 9.17) is 11.6 Å². The number of benzene rings is 2. The number of halogens is 1. The maximum Gasteiger partial charge on any atom is 0.234 e. The minimum absolute atomic E-state index is 0.00159. The zero-order valence-electron chi connectivity index (χ0n) is 15.6. The monoisotopic (exact) mass is 384 g/mol. The summed E-state index contributed by atoms with van der Waals surface area (Å²) in [4.78, 5) is 26.9. The topological polar surface area (TPSA) is 49.4 Å². The summed E-state index contributed by atoms with van der Waals surface area (Å²) in [7, 11) is 0. The van der Waals surface area contributed by atoms with E-state index in [0.29, 0.717) is 18.1 Å². The highest BCUT2D eigenvalue weighted by molar-refractivity contribution is 6.30. The Morgan fingerprint density at radius 1 is 1.11 bits per heavy atom. The van der Waals surface area contributed by atoms with Gasteiger partial charge in [0.2, 0.25) is 5.91 Å². The van der Waals surface area contributed by atoms with E-state index in [1.807, 2.05) is 55.5 Å². The molecule has 0 unspecified atom stereocenters. The minimum atomic E-state index is -0.00159. The Balaban J connectivity index is 1.43. The zero-order chi connectivity index (χ0) is 19.2. The fourth-order valence-electron chi connectivity index (χ4n) is 3.41. The average Bonchev–Trinajstić information content (AvgIpc) is 2.67. The van der Waals surface area contributed by atoms with Gasteiger partial charge in [-0.2, -0.15) is 0 Å². The van der Waals surface area contributed by atoms with Crippen molar-refractivity contribution in [2.24, 2.45) is 5.92 Å². The number of carbonyl (C=O) groups is 2. The maximum absolute atomic E-state index is 12.6. The van der Waals surface area contributed by atoms with Gasteiger partial charge in [-0.25, -0.2) is 0 Å². The van der Waals surface area contributed by atoms with Gasteiger partial charge >= 0.3 is 0 Å². The molecule has 0 aliphatic carbocycles. The predicted octanol–water partition coefficient (Wildman–Crippen LogP) is 3.86. The molecule has 1 heterocycles. The van der Waals surface area contributed by atoms with Crippen LogP contribution in [0.2, 0.25) is 5.02 Å². The molecular formula is C22H25ClN2O2. The van der Waals surface area contributed by atoms with E-state index in [1.165, 1.54) is 0 Å². The minimum Gasteiger partial charge on any atom is -0.351 e. The number of nitrogens with one attached hydrogen (secondary N) is 1. The lowest BCUT2D eigenvalue weighted by Crippen LogP contribution is -2.42. The van der Waals surface area contributed by atoms with Crippen molar-refractivity contribution >= 4 is 23.3 Å². The van der Waals surface area contributed by atoms with Crippen LogP contribution in [0, 0.1) is 12.8 Å². The van der Waals surface area contributed by atoms with E-state index in [2.05, 4.69) is 10.2 Å².